The van der Waals surface area contributed by atoms with Gasteiger partial charge in [-0.05, 0) is 60.2 Å². The summed E-state index contributed by atoms with van der Waals surface area (Å²) in [6.45, 7) is 3.54. The molecule has 0 aliphatic rings. The molecule has 0 heterocycles. The maximum Gasteiger partial charge on any atom is 0.429 e. The Bertz CT molecular complexity index is 1040. The Morgan fingerprint density at radius 2 is 1.64 bits per heavy atom. The van der Waals surface area contributed by atoms with Gasteiger partial charge in [-0.2, -0.15) is 8.78 Å². The van der Waals surface area contributed by atoms with E-state index in [4.69, 9.17) is 0 Å². The summed E-state index contributed by atoms with van der Waals surface area (Å²) < 4.78 is 87.9. The van der Waals surface area contributed by atoms with Crippen LogP contribution >= 0.6 is 0 Å². The minimum atomic E-state index is -4.04. The number of rotatable bonds is 6. The van der Waals surface area contributed by atoms with Crippen LogP contribution in [0.5, 0.6) is 5.75 Å². The lowest BCUT2D eigenvalue weighted by atomic mass is 10.1. The predicted molar refractivity (Wildman–Crippen MR) is 93.3 cm³/mol. The summed E-state index contributed by atoms with van der Waals surface area (Å²) in [5.41, 5.74) is -0.456. The molecule has 0 amide bonds. The Hall–Kier alpha value is -2.96. The van der Waals surface area contributed by atoms with Gasteiger partial charge in [-0.15, -0.1) is 6.58 Å². The smallest absolute Gasteiger partial charge is 0.429 e. The first-order valence-corrected chi connectivity index (χ1v) is 8.27. The van der Waals surface area contributed by atoms with Gasteiger partial charge in [0, 0.05) is 5.39 Å². The van der Waals surface area contributed by atoms with Gasteiger partial charge in [0.25, 0.3) is 0 Å². The van der Waals surface area contributed by atoms with Crippen molar-refractivity contribution in [2.24, 2.45) is 0 Å². The summed E-state index contributed by atoms with van der Waals surface area (Å²) in [4.78, 5) is 0. The molecule has 1 nitrogen and oxygen atoms in total. The molecule has 7 heteroatoms. The highest BCUT2D eigenvalue weighted by atomic mass is 19.3. The predicted octanol–water partition coefficient (Wildman–Crippen LogP) is 6.64. The Labute approximate surface area is 156 Å². The van der Waals surface area contributed by atoms with Crippen LogP contribution in [-0.4, -0.2) is 0 Å². The van der Waals surface area contributed by atoms with Gasteiger partial charge in [-0.25, -0.2) is 17.6 Å². The standard InChI is InChI=1S/C21H14F6O/c1-2-3-4-12-5-8-16(17(22)9-12)21(26,27)28-14-6-7-15-13(10-14)11-18(23)20(25)19(15)24/h2,5-11H,1,3-4H2. The van der Waals surface area contributed by atoms with Crippen LogP contribution in [0.15, 0.2) is 55.1 Å². The lowest BCUT2D eigenvalue weighted by Gasteiger charge is -2.19. The lowest BCUT2D eigenvalue weighted by molar-refractivity contribution is -0.187. The zero-order valence-corrected chi connectivity index (χ0v) is 14.4. The summed E-state index contributed by atoms with van der Waals surface area (Å²) in [5, 5.41) is -0.475. The SMILES string of the molecule is C=CCCc1ccc(C(F)(F)Oc2ccc3c(F)c(F)c(F)cc3c2)c(F)c1. The van der Waals surface area contributed by atoms with E-state index in [1.54, 1.807) is 6.08 Å². The summed E-state index contributed by atoms with van der Waals surface area (Å²) in [6.07, 6.45) is -1.39. The fourth-order valence-corrected chi connectivity index (χ4v) is 2.77. The molecule has 3 aromatic rings. The van der Waals surface area contributed by atoms with E-state index < -0.39 is 40.7 Å². The van der Waals surface area contributed by atoms with E-state index in [9.17, 15) is 26.3 Å². The van der Waals surface area contributed by atoms with E-state index in [1.165, 1.54) is 6.07 Å². The van der Waals surface area contributed by atoms with Crippen LogP contribution in [0.4, 0.5) is 26.3 Å². The maximum atomic E-state index is 14.4. The number of hydrogen-bond acceptors (Lipinski definition) is 1. The average Bonchev–Trinajstić information content (AvgIpc) is 2.64. The molecule has 28 heavy (non-hydrogen) atoms. The Morgan fingerprint density at radius 3 is 2.32 bits per heavy atom. The molecule has 0 radical (unpaired) electrons. The number of ether oxygens (including phenoxy) is 1. The summed E-state index contributed by atoms with van der Waals surface area (Å²) in [7, 11) is 0. The van der Waals surface area contributed by atoms with Crippen LogP contribution in [0, 0.1) is 23.3 Å². The minimum Gasteiger partial charge on any atom is -0.429 e. The van der Waals surface area contributed by atoms with E-state index >= 15 is 0 Å². The Morgan fingerprint density at radius 1 is 0.893 bits per heavy atom. The van der Waals surface area contributed by atoms with Crippen molar-refractivity contribution in [2.75, 3.05) is 0 Å². The van der Waals surface area contributed by atoms with E-state index in [0.29, 0.717) is 24.5 Å². The van der Waals surface area contributed by atoms with Crippen molar-refractivity contribution >= 4 is 10.8 Å². The van der Waals surface area contributed by atoms with Crippen molar-refractivity contribution in [1.29, 1.82) is 0 Å². The topological polar surface area (TPSA) is 9.23 Å². The molecule has 0 fully saturated rings. The van der Waals surface area contributed by atoms with E-state index in [1.807, 2.05) is 0 Å². The molecule has 0 N–H and O–H groups in total. The normalized spacial score (nSPS) is 11.6. The van der Waals surface area contributed by atoms with Gasteiger partial charge >= 0.3 is 6.11 Å². The Kier molecular flexibility index (Phi) is 5.36. The fraction of sp³-hybridized carbons (Fsp3) is 0.143. The van der Waals surface area contributed by atoms with Crippen LogP contribution < -0.4 is 4.74 Å². The van der Waals surface area contributed by atoms with Gasteiger partial charge in [-0.1, -0.05) is 12.1 Å². The van der Waals surface area contributed by atoms with Crippen molar-refractivity contribution in [3.05, 3.63) is 89.5 Å². The van der Waals surface area contributed by atoms with Crippen molar-refractivity contribution in [3.63, 3.8) is 0 Å². The van der Waals surface area contributed by atoms with E-state index in [-0.39, 0.29) is 10.8 Å². The first kappa shape index (κ1) is 19.8. The maximum absolute atomic E-state index is 14.4. The number of hydrogen-bond donors (Lipinski definition) is 0. The quantitative estimate of drug-likeness (QED) is 0.258. The third-order valence-corrected chi connectivity index (χ3v) is 4.17. The Balaban J connectivity index is 1.91. The molecule has 0 unspecified atom stereocenters. The molecule has 3 aromatic carbocycles. The second-order valence-electron chi connectivity index (χ2n) is 6.13. The molecule has 0 saturated carbocycles. The monoisotopic (exact) mass is 396 g/mol. The first-order chi connectivity index (χ1) is 13.2. The van der Waals surface area contributed by atoms with Crippen molar-refractivity contribution in [1.82, 2.24) is 0 Å². The number of fused-ring (bicyclic) bond motifs is 1. The molecule has 0 bridgehead atoms. The van der Waals surface area contributed by atoms with Crippen LogP contribution in [-0.2, 0) is 12.5 Å². The number of allylic oxidation sites excluding steroid dienone is 1. The highest BCUT2D eigenvalue weighted by Gasteiger charge is 2.37. The number of aryl methyl sites for hydroxylation is 1. The van der Waals surface area contributed by atoms with Crippen LogP contribution in [0.1, 0.15) is 17.5 Å². The molecule has 3 rings (SSSR count). The number of alkyl halides is 2. The van der Waals surface area contributed by atoms with Crippen molar-refractivity contribution in [3.8, 4) is 5.75 Å². The van der Waals surface area contributed by atoms with Gasteiger partial charge in [0.05, 0.1) is 5.56 Å². The van der Waals surface area contributed by atoms with Crippen LogP contribution in [0.25, 0.3) is 10.8 Å². The molecular formula is C21H14F6O. The fourth-order valence-electron chi connectivity index (χ4n) is 2.77. The third kappa shape index (κ3) is 3.83. The zero-order chi connectivity index (χ0) is 20.5. The van der Waals surface area contributed by atoms with Crippen molar-refractivity contribution < 1.29 is 31.1 Å². The molecule has 0 aromatic heterocycles. The zero-order valence-electron chi connectivity index (χ0n) is 14.4. The molecule has 0 saturated heterocycles. The average molecular weight is 396 g/mol. The first-order valence-electron chi connectivity index (χ1n) is 8.27. The molecule has 0 spiro atoms. The number of benzene rings is 3. The van der Waals surface area contributed by atoms with Crippen LogP contribution in [0.2, 0.25) is 0 Å². The van der Waals surface area contributed by atoms with E-state index in [2.05, 4.69) is 11.3 Å². The van der Waals surface area contributed by atoms with Gasteiger partial charge in [0.2, 0.25) is 0 Å². The minimum absolute atomic E-state index is 0.176. The largest absolute Gasteiger partial charge is 0.429 e. The second kappa shape index (κ2) is 7.58. The molecule has 0 aliphatic heterocycles. The molecule has 0 atom stereocenters. The number of halogens is 6. The van der Waals surface area contributed by atoms with E-state index in [0.717, 1.165) is 30.3 Å². The lowest BCUT2D eigenvalue weighted by Crippen LogP contribution is -2.23. The van der Waals surface area contributed by atoms with Gasteiger partial charge in [0.15, 0.2) is 17.5 Å². The van der Waals surface area contributed by atoms with Gasteiger partial charge in [0.1, 0.15) is 11.6 Å². The summed E-state index contributed by atoms with van der Waals surface area (Å²) >= 11 is 0. The second-order valence-corrected chi connectivity index (χ2v) is 6.13. The molecular weight excluding hydrogens is 382 g/mol. The molecule has 146 valence electrons. The van der Waals surface area contributed by atoms with Gasteiger partial charge < -0.3 is 4.74 Å². The summed E-state index contributed by atoms with van der Waals surface area (Å²) in [6, 6.07) is 6.79. The highest BCUT2D eigenvalue weighted by Crippen LogP contribution is 2.35. The van der Waals surface area contributed by atoms with Crippen molar-refractivity contribution in [2.45, 2.75) is 19.0 Å². The molecule has 0 aliphatic carbocycles. The van der Waals surface area contributed by atoms with Crippen LogP contribution in [0.3, 0.4) is 0 Å². The van der Waals surface area contributed by atoms with Gasteiger partial charge in [-0.3, -0.25) is 0 Å². The summed E-state index contributed by atoms with van der Waals surface area (Å²) in [5.74, 6) is -6.17. The third-order valence-electron chi connectivity index (χ3n) is 4.17. The highest BCUT2D eigenvalue weighted by molar-refractivity contribution is 5.84.